The lowest BCUT2D eigenvalue weighted by Crippen LogP contribution is -2.14. The van der Waals surface area contributed by atoms with E-state index >= 15 is 0 Å². The van der Waals surface area contributed by atoms with Crippen molar-refractivity contribution in [2.45, 2.75) is 0 Å². The van der Waals surface area contributed by atoms with Gasteiger partial charge >= 0.3 is 5.97 Å². The summed E-state index contributed by atoms with van der Waals surface area (Å²) >= 11 is 0. The summed E-state index contributed by atoms with van der Waals surface area (Å²) in [6.45, 7) is -0.0649. The van der Waals surface area contributed by atoms with Crippen molar-refractivity contribution in [2.24, 2.45) is 5.73 Å². The smallest absolute Gasteiger partial charge is 0.337 e. The summed E-state index contributed by atoms with van der Waals surface area (Å²) in [6, 6.07) is 6.29. The molecule has 0 atom stereocenters. The molecule has 0 aliphatic rings. The fourth-order valence-electron chi connectivity index (χ4n) is 1.06. The average molecular weight is 230 g/mol. The molecule has 0 saturated heterocycles. The van der Waals surface area contributed by atoms with E-state index < -0.39 is 5.97 Å². The van der Waals surface area contributed by atoms with Gasteiger partial charge in [-0.15, -0.1) is 12.4 Å². The van der Waals surface area contributed by atoms with Gasteiger partial charge in [-0.25, -0.2) is 4.79 Å². The van der Waals surface area contributed by atoms with E-state index in [9.17, 15) is 9.59 Å². The summed E-state index contributed by atoms with van der Waals surface area (Å²) in [5.74, 6) is -0.660. The minimum atomic E-state index is -0.461. The van der Waals surface area contributed by atoms with Gasteiger partial charge in [0.1, 0.15) is 0 Å². The van der Waals surface area contributed by atoms with Crippen LogP contribution in [-0.4, -0.2) is 25.4 Å². The Labute approximate surface area is 93.8 Å². The molecule has 0 aliphatic carbocycles. The number of Topliss-reactive ketones (excluding diaryl/α,β-unsaturated/α-hetero) is 1. The monoisotopic (exact) mass is 229 g/mol. The lowest BCUT2D eigenvalue weighted by molar-refractivity contribution is 0.0600. The van der Waals surface area contributed by atoms with Gasteiger partial charge in [0.15, 0.2) is 5.78 Å². The van der Waals surface area contributed by atoms with E-state index in [-0.39, 0.29) is 24.7 Å². The molecular weight excluding hydrogens is 218 g/mol. The third-order valence-electron chi connectivity index (χ3n) is 1.79. The van der Waals surface area contributed by atoms with E-state index in [1.807, 2.05) is 0 Å². The topological polar surface area (TPSA) is 69.4 Å². The summed E-state index contributed by atoms with van der Waals surface area (Å²) < 4.78 is 4.52. The van der Waals surface area contributed by atoms with Gasteiger partial charge in [0.25, 0.3) is 0 Å². The maximum Gasteiger partial charge on any atom is 0.337 e. The number of ether oxygens (including phenoxy) is 1. The Morgan fingerprint density at radius 3 is 2.47 bits per heavy atom. The van der Waals surface area contributed by atoms with Crippen LogP contribution in [0.4, 0.5) is 0 Å². The number of ketones is 1. The predicted molar refractivity (Wildman–Crippen MR) is 58.4 cm³/mol. The van der Waals surface area contributed by atoms with Crippen LogP contribution in [0.1, 0.15) is 20.7 Å². The summed E-state index contributed by atoms with van der Waals surface area (Å²) in [5.41, 5.74) is 5.98. The van der Waals surface area contributed by atoms with E-state index in [1.165, 1.54) is 13.2 Å². The van der Waals surface area contributed by atoms with Crippen LogP contribution in [0.2, 0.25) is 0 Å². The van der Waals surface area contributed by atoms with Crippen LogP contribution in [0.3, 0.4) is 0 Å². The molecule has 0 bridgehead atoms. The summed E-state index contributed by atoms with van der Waals surface area (Å²) in [6.07, 6.45) is 0. The molecule has 0 aromatic heterocycles. The second-order valence-electron chi connectivity index (χ2n) is 2.70. The summed E-state index contributed by atoms with van der Waals surface area (Å²) in [4.78, 5) is 22.3. The summed E-state index contributed by atoms with van der Waals surface area (Å²) in [5, 5.41) is 0. The first-order valence-electron chi connectivity index (χ1n) is 4.10. The third-order valence-corrected chi connectivity index (χ3v) is 1.79. The van der Waals surface area contributed by atoms with Crippen molar-refractivity contribution < 1.29 is 14.3 Å². The van der Waals surface area contributed by atoms with Crippen molar-refractivity contribution in [1.82, 2.24) is 0 Å². The van der Waals surface area contributed by atoms with E-state index in [0.717, 1.165) is 0 Å². The van der Waals surface area contributed by atoms with Gasteiger partial charge in [0, 0.05) is 5.56 Å². The highest BCUT2D eigenvalue weighted by Crippen LogP contribution is 2.06. The first-order chi connectivity index (χ1) is 6.69. The molecule has 82 valence electrons. The van der Waals surface area contributed by atoms with Crippen LogP contribution in [0, 0.1) is 0 Å². The van der Waals surface area contributed by atoms with Gasteiger partial charge in [-0.3, -0.25) is 4.79 Å². The van der Waals surface area contributed by atoms with Crippen molar-refractivity contribution >= 4 is 24.2 Å². The molecule has 1 rings (SSSR count). The van der Waals surface area contributed by atoms with Crippen LogP contribution in [0.25, 0.3) is 0 Å². The highest BCUT2D eigenvalue weighted by Gasteiger charge is 2.08. The molecule has 4 nitrogen and oxygen atoms in total. The molecule has 1 aromatic carbocycles. The number of esters is 1. The molecule has 0 aliphatic heterocycles. The van der Waals surface area contributed by atoms with E-state index in [4.69, 9.17) is 5.73 Å². The molecule has 0 amide bonds. The number of methoxy groups -OCH3 is 1. The number of halogens is 1. The zero-order valence-electron chi connectivity index (χ0n) is 8.23. The molecule has 0 radical (unpaired) electrons. The molecule has 0 spiro atoms. The normalized spacial score (nSPS) is 8.93. The zero-order chi connectivity index (χ0) is 10.6. The molecule has 0 fully saturated rings. The average Bonchev–Trinajstić information content (AvgIpc) is 2.27. The van der Waals surface area contributed by atoms with E-state index in [0.29, 0.717) is 11.1 Å². The number of rotatable bonds is 3. The molecule has 0 saturated carbocycles. The Morgan fingerprint density at radius 1 is 1.33 bits per heavy atom. The van der Waals surface area contributed by atoms with Crippen molar-refractivity contribution in [2.75, 3.05) is 13.7 Å². The molecule has 2 N–H and O–H groups in total. The SMILES string of the molecule is COC(=O)c1cccc(C(=O)CN)c1.Cl. The molecule has 5 heteroatoms. The molecule has 15 heavy (non-hydrogen) atoms. The minimum Gasteiger partial charge on any atom is -0.465 e. The van der Waals surface area contributed by atoms with Crippen LogP contribution in [-0.2, 0) is 4.74 Å². The van der Waals surface area contributed by atoms with Gasteiger partial charge in [-0.05, 0) is 12.1 Å². The van der Waals surface area contributed by atoms with Gasteiger partial charge < -0.3 is 10.5 Å². The Bertz CT molecular complexity index is 334. The number of hydrogen-bond acceptors (Lipinski definition) is 4. The maximum absolute atomic E-state index is 11.2. The van der Waals surface area contributed by atoms with E-state index in [1.54, 1.807) is 18.2 Å². The van der Waals surface area contributed by atoms with Crippen molar-refractivity contribution in [3.8, 4) is 0 Å². The molecule has 1 aromatic rings. The fourth-order valence-corrected chi connectivity index (χ4v) is 1.06. The lowest BCUT2D eigenvalue weighted by Gasteiger charge is -2.01. The molecule has 0 heterocycles. The molecule has 0 unspecified atom stereocenters. The van der Waals surface area contributed by atoms with Gasteiger partial charge in [0.05, 0.1) is 19.2 Å². The quantitative estimate of drug-likeness (QED) is 0.621. The maximum atomic E-state index is 11.2. The first kappa shape index (κ1) is 13.6. The highest BCUT2D eigenvalue weighted by molar-refractivity contribution is 6.00. The second kappa shape index (κ2) is 6.16. The van der Waals surface area contributed by atoms with Crippen LogP contribution < -0.4 is 5.73 Å². The fraction of sp³-hybridized carbons (Fsp3) is 0.200. The van der Waals surface area contributed by atoms with Crippen LogP contribution >= 0.6 is 12.4 Å². The number of carbonyl (C=O) groups is 2. The van der Waals surface area contributed by atoms with E-state index in [2.05, 4.69) is 4.74 Å². The minimum absolute atomic E-state index is 0. The predicted octanol–water partition coefficient (Wildman–Crippen LogP) is 1.04. The van der Waals surface area contributed by atoms with Crippen LogP contribution in [0.5, 0.6) is 0 Å². The highest BCUT2D eigenvalue weighted by atomic mass is 35.5. The number of nitrogens with two attached hydrogens (primary N) is 1. The standard InChI is InChI=1S/C10H11NO3.ClH/c1-14-10(13)8-4-2-3-7(5-8)9(12)6-11;/h2-5H,6,11H2,1H3;1H. The zero-order valence-corrected chi connectivity index (χ0v) is 9.04. The third kappa shape index (κ3) is 3.34. The largest absolute Gasteiger partial charge is 0.465 e. The Balaban J connectivity index is 0.00000196. The lowest BCUT2D eigenvalue weighted by atomic mass is 10.1. The number of hydrogen-bond donors (Lipinski definition) is 1. The summed E-state index contributed by atoms with van der Waals surface area (Å²) in [7, 11) is 1.29. The Morgan fingerprint density at radius 2 is 1.93 bits per heavy atom. The van der Waals surface area contributed by atoms with Crippen molar-refractivity contribution in [3.05, 3.63) is 35.4 Å². The van der Waals surface area contributed by atoms with Gasteiger partial charge in [-0.2, -0.15) is 0 Å². The Hall–Kier alpha value is -1.39. The second-order valence-corrected chi connectivity index (χ2v) is 2.70. The van der Waals surface area contributed by atoms with Gasteiger partial charge in [0.2, 0.25) is 0 Å². The van der Waals surface area contributed by atoms with Crippen molar-refractivity contribution in [1.29, 1.82) is 0 Å². The molecular formula is C10H12ClNO3. The Kier molecular flexibility index (Phi) is 5.59. The van der Waals surface area contributed by atoms with Crippen molar-refractivity contribution in [3.63, 3.8) is 0 Å². The number of benzene rings is 1. The first-order valence-corrected chi connectivity index (χ1v) is 4.10. The van der Waals surface area contributed by atoms with Crippen LogP contribution in [0.15, 0.2) is 24.3 Å². The van der Waals surface area contributed by atoms with Gasteiger partial charge in [-0.1, -0.05) is 12.1 Å². The number of carbonyl (C=O) groups excluding carboxylic acids is 2.